The van der Waals surface area contributed by atoms with Crippen molar-refractivity contribution in [3.05, 3.63) is 17.6 Å². The Morgan fingerprint density at radius 2 is 2.08 bits per heavy atom. The number of ether oxygens (including phenoxy) is 1. The van der Waals surface area contributed by atoms with Gasteiger partial charge >= 0.3 is 6.09 Å². The maximum absolute atomic E-state index is 12.3. The van der Waals surface area contributed by atoms with Crippen LogP contribution >= 0.6 is 0 Å². The average molecular weight is 334 g/mol. The van der Waals surface area contributed by atoms with E-state index in [2.05, 4.69) is 21.8 Å². The highest BCUT2D eigenvalue weighted by molar-refractivity contribution is 5.69. The predicted octanol–water partition coefficient (Wildman–Crippen LogP) is 1.90. The van der Waals surface area contributed by atoms with E-state index in [1.807, 2.05) is 20.8 Å². The zero-order valence-electron chi connectivity index (χ0n) is 14.8. The maximum atomic E-state index is 12.3. The van der Waals surface area contributed by atoms with Crippen molar-refractivity contribution in [1.29, 1.82) is 0 Å². The first kappa shape index (κ1) is 17.0. The Morgan fingerprint density at radius 3 is 2.75 bits per heavy atom. The molecule has 1 saturated heterocycles. The highest BCUT2D eigenvalue weighted by atomic mass is 16.6. The van der Waals surface area contributed by atoms with E-state index >= 15 is 0 Å². The van der Waals surface area contributed by atoms with Gasteiger partial charge in [0.25, 0.3) is 0 Å². The van der Waals surface area contributed by atoms with Crippen LogP contribution in [0.2, 0.25) is 0 Å². The molecule has 1 fully saturated rings. The van der Waals surface area contributed by atoms with Crippen LogP contribution in [0.1, 0.15) is 51.5 Å². The summed E-state index contributed by atoms with van der Waals surface area (Å²) in [6.45, 7) is 9.59. The molecule has 0 aromatic carbocycles. The van der Waals surface area contributed by atoms with Gasteiger partial charge in [0.05, 0.1) is 11.8 Å². The highest BCUT2D eigenvalue weighted by Crippen LogP contribution is 2.35. The molecule has 2 atom stereocenters. The first-order valence-electron chi connectivity index (χ1n) is 8.52. The molecule has 1 aromatic heterocycles. The van der Waals surface area contributed by atoms with Crippen LogP contribution in [0.15, 0.2) is 6.33 Å². The maximum Gasteiger partial charge on any atom is 0.410 e. The van der Waals surface area contributed by atoms with E-state index in [9.17, 15) is 9.90 Å². The van der Waals surface area contributed by atoms with Gasteiger partial charge in [-0.3, -0.25) is 0 Å². The number of fused-ring (bicyclic) bond motifs is 1. The van der Waals surface area contributed by atoms with E-state index in [0.29, 0.717) is 26.1 Å². The normalized spacial score (nSPS) is 24.0. The highest BCUT2D eigenvalue weighted by Gasteiger charge is 2.33. The van der Waals surface area contributed by atoms with Crippen molar-refractivity contribution in [3.8, 4) is 0 Å². The Balaban J connectivity index is 1.72. The van der Waals surface area contributed by atoms with Crippen molar-refractivity contribution in [3.63, 3.8) is 0 Å². The molecule has 1 aliphatic heterocycles. The molecule has 1 aliphatic carbocycles. The van der Waals surface area contributed by atoms with Crippen LogP contribution in [0.25, 0.3) is 0 Å². The van der Waals surface area contributed by atoms with Gasteiger partial charge in [-0.05, 0) is 40.5 Å². The molecule has 2 aliphatic rings. The number of rotatable bonds is 1. The van der Waals surface area contributed by atoms with E-state index < -0.39 is 11.7 Å². The van der Waals surface area contributed by atoms with Crippen LogP contribution in [-0.4, -0.2) is 57.3 Å². The molecule has 24 heavy (non-hydrogen) atoms. The topological polar surface area (TPSA) is 78.8 Å². The number of hydrogen-bond donors (Lipinski definition) is 1. The van der Waals surface area contributed by atoms with E-state index in [0.717, 1.165) is 23.5 Å². The summed E-state index contributed by atoms with van der Waals surface area (Å²) in [5.41, 5.74) is 1.31. The Kier molecular flexibility index (Phi) is 4.38. The van der Waals surface area contributed by atoms with Gasteiger partial charge in [0, 0.05) is 31.2 Å². The number of aliphatic hydroxyl groups excluding tert-OH is 1. The van der Waals surface area contributed by atoms with E-state index in [-0.39, 0.29) is 12.1 Å². The van der Waals surface area contributed by atoms with Gasteiger partial charge < -0.3 is 19.6 Å². The molecule has 1 aromatic rings. The van der Waals surface area contributed by atoms with Crippen molar-refractivity contribution in [2.45, 2.75) is 58.3 Å². The zero-order chi connectivity index (χ0) is 17.5. The van der Waals surface area contributed by atoms with Gasteiger partial charge in [-0.15, -0.1) is 0 Å². The molecule has 2 heterocycles. The van der Waals surface area contributed by atoms with Crippen molar-refractivity contribution in [1.82, 2.24) is 14.9 Å². The van der Waals surface area contributed by atoms with Crippen LogP contribution < -0.4 is 4.90 Å². The summed E-state index contributed by atoms with van der Waals surface area (Å²) in [7, 11) is 0. The van der Waals surface area contributed by atoms with Crippen molar-refractivity contribution in [2.24, 2.45) is 0 Å². The third-order valence-electron chi connectivity index (χ3n) is 4.49. The van der Waals surface area contributed by atoms with E-state index in [4.69, 9.17) is 4.74 Å². The van der Waals surface area contributed by atoms with Crippen LogP contribution in [0.4, 0.5) is 10.6 Å². The summed E-state index contributed by atoms with van der Waals surface area (Å²) in [4.78, 5) is 24.9. The third kappa shape index (κ3) is 3.31. The van der Waals surface area contributed by atoms with Gasteiger partial charge in [0.1, 0.15) is 17.7 Å². The van der Waals surface area contributed by atoms with Crippen molar-refractivity contribution >= 4 is 11.9 Å². The largest absolute Gasteiger partial charge is 0.444 e. The fourth-order valence-electron chi connectivity index (χ4n) is 3.37. The van der Waals surface area contributed by atoms with Crippen LogP contribution in [0, 0.1) is 0 Å². The zero-order valence-corrected chi connectivity index (χ0v) is 14.8. The molecule has 132 valence electrons. The summed E-state index contributed by atoms with van der Waals surface area (Å²) < 4.78 is 5.46. The number of anilines is 1. The van der Waals surface area contributed by atoms with Gasteiger partial charge in [-0.1, -0.05) is 0 Å². The number of amides is 1. The van der Waals surface area contributed by atoms with Crippen LogP contribution in [-0.2, 0) is 11.2 Å². The van der Waals surface area contributed by atoms with Gasteiger partial charge in [0.15, 0.2) is 0 Å². The smallest absolute Gasteiger partial charge is 0.410 e. The molecule has 2 unspecified atom stereocenters. The monoisotopic (exact) mass is 334 g/mol. The molecular weight excluding hydrogens is 308 g/mol. The van der Waals surface area contributed by atoms with E-state index in [1.165, 1.54) is 6.33 Å². The quantitative estimate of drug-likeness (QED) is 0.845. The summed E-state index contributed by atoms with van der Waals surface area (Å²) in [6, 6.07) is 0.128. The second kappa shape index (κ2) is 6.20. The Morgan fingerprint density at radius 1 is 1.33 bits per heavy atom. The lowest BCUT2D eigenvalue weighted by Gasteiger charge is -2.41. The average Bonchev–Trinajstić information content (AvgIpc) is 2.87. The second-order valence-corrected chi connectivity index (χ2v) is 7.58. The standard InChI is InChI=1S/C17H26N4O3/c1-11-9-20(16(23)24-17(2,3)4)7-8-21(11)15-12-5-6-13(22)14(12)18-10-19-15/h10-11,13,22H,5-9H2,1-4H3. The second-order valence-electron chi connectivity index (χ2n) is 7.58. The lowest BCUT2D eigenvalue weighted by molar-refractivity contribution is 0.0218. The Labute approximate surface area is 142 Å². The molecule has 0 bridgehead atoms. The van der Waals surface area contributed by atoms with Gasteiger partial charge in [-0.2, -0.15) is 0 Å². The van der Waals surface area contributed by atoms with Crippen LogP contribution in [0.3, 0.4) is 0 Å². The van der Waals surface area contributed by atoms with E-state index in [1.54, 1.807) is 4.90 Å². The Bertz CT molecular complexity index is 629. The first-order chi connectivity index (χ1) is 11.3. The summed E-state index contributed by atoms with van der Waals surface area (Å²) in [6.07, 6.45) is 2.27. The van der Waals surface area contributed by atoms with Crippen LogP contribution in [0.5, 0.6) is 0 Å². The SMILES string of the molecule is CC1CN(C(=O)OC(C)(C)C)CCN1c1ncnc2c1CCC2O. The number of carbonyl (C=O) groups excluding carboxylic acids is 1. The number of piperazine rings is 1. The van der Waals surface area contributed by atoms with Crippen molar-refractivity contribution < 1.29 is 14.6 Å². The molecule has 0 saturated carbocycles. The minimum absolute atomic E-state index is 0.128. The number of nitrogens with zero attached hydrogens (tertiary/aromatic N) is 4. The molecular formula is C17H26N4O3. The molecule has 3 rings (SSSR count). The number of hydrogen-bond acceptors (Lipinski definition) is 6. The number of aliphatic hydroxyl groups is 1. The summed E-state index contributed by atoms with van der Waals surface area (Å²) >= 11 is 0. The Hall–Kier alpha value is -1.89. The predicted molar refractivity (Wildman–Crippen MR) is 89.9 cm³/mol. The fourth-order valence-corrected chi connectivity index (χ4v) is 3.37. The van der Waals surface area contributed by atoms with Crippen molar-refractivity contribution in [2.75, 3.05) is 24.5 Å². The first-order valence-corrected chi connectivity index (χ1v) is 8.52. The molecule has 1 amide bonds. The third-order valence-corrected chi connectivity index (χ3v) is 4.49. The minimum Gasteiger partial charge on any atom is -0.444 e. The minimum atomic E-state index is -0.486. The van der Waals surface area contributed by atoms with Gasteiger partial charge in [-0.25, -0.2) is 14.8 Å². The molecule has 7 heteroatoms. The number of aromatic nitrogens is 2. The summed E-state index contributed by atoms with van der Waals surface area (Å²) in [5, 5.41) is 10.0. The molecule has 7 nitrogen and oxygen atoms in total. The summed E-state index contributed by atoms with van der Waals surface area (Å²) in [5.74, 6) is 0.896. The lowest BCUT2D eigenvalue weighted by atomic mass is 10.1. The lowest BCUT2D eigenvalue weighted by Crippen LogP contribution is -2.55. The fraction of sp³-hybridized carbons (Fsp3) is 0.706. The number of carbonyl (C=O) groups is 1. The molecule has 0 spiro atoms. The van der Waals surface area contributed by atoms with Gasteiger partial charge in [0.2, 0.25) is 0 Å². The molecule has 1 N–H and O–H groups in total. The molecule has 0 radical (unpaired) electrons.